The molecule has 3 heterocycles. The average Bonchev–Trinajstić information content (AvgIpc) is 3.80. The molecular weight excluding hydrogens is 927 g/mol. The number of anilines is 1. The van der Waals surface area contributed by atoms with Crippen LogP contribution in [0.5, 0.6) is 0 Å². The van der Waals surface area contributed by atoms with E-state index < -0.39 is 48.8 Å². The summed E-state index contributed by atoms with van der Waals surface area (Å²) in [5, 5.41) is 0.561. The molecule has 0 saturated carbocycles. The van der Waals surface area contributed by atoms with Gasteiger partial charge in [0, 0.05) is 71.4 Å². The smallest absolute Gasteiger partial charge is 0.333 e. The number of amides is 2. The van der Waals surface area contributed by atoms with Crippen molar-refractivity contribution in [2.75, 3.05) is 52.7 Å². The fourth-order valence-electron chi connectivity index (χ4n) is 9.59. The van der Waals surface area contributed by atoms with Crippen molar-refractivity contribution < 1.29 is 49.7 Å². The van der Waals surface area contributed by atoms with Gasteiger partial charge in [-0.1, -0.05) is 62.5 Å². The summed E-state index contributed by atoms with van der Waals surface area (Å²) in [4.78, 5) is 43.6. The third kappa shape index (κ3) is 11.5. The highest BCUT2D eigenvalue weighted by molar-refractivity contribution is 7.89. The predicted molar refractivity (Wildman–Crippen MR) is 270 cm³/mol. The summed E-state index contributed by atoms with van der Waals surface area (Å²) >= 11 is 0. The number of hydrogen-bond donors (Lipinski definition) is 2. The van der Waals surface area contributed by atoms with Crippen LogP contribution in [0.3, 0.4) is 0 Å². The molecule has 1 aliphatic carbocycles. The lowest BCUT2D eigenvalue weighted by atomic mass is 9.80. The number of nitrogens with one attached hydrogen (secondary N) is 1. The van der Waals surface area contributed by atoms with Gasteiger partial charge < -0.3 is 14.2 Å². The number of carbonyl (C=O) groups excluding carboxylic acids is 3. The molecule has 0 spiro atoms. The molecule has 4 aliphatic rings. The SMILES string of the molecule is C[N+]1=C(/C=C/C2=C(C#Cc3ccccc3)C(=C\C=C3/N(CCCCCC(=O)ON4C(=O)CCC4=O)c4ccc(S(=O)(=O)O)cc4C3(C)C)/CCC2)C(C)(C)c2cc(S(=O)(=O)NCC[N+](C)(C)C)ccc21. The van der Waals surface area contributed by atoms with Gasteiger partial charge in [0.25, 0.3) is 21.9 Å². The Hall–Kier alpha value is -5.96. The molecule has 2 amide bonds. The monoisotopic (exact) mass is 991 g/mol. The number of likely N-dealkylation sites (N-methyl/N-ethyl adjacent to an activating group) is 1. The summed E-state index contributed by atoms with van der Waals surface area (Å²) in [5.74, 6) is 5.25. The normalized spacial score (nSPS) is 19.1. The standard InChI is InChI=1S/C54H64N5O9S2/c1-53(2)44-36-41(69(63,64)55-33-35-59(6,7)8)24-27-46(44)56(5)48(53)29-22-39-18-15-19-40(43(39)26-21-38-16-11-9-12-17-38)23-30-49-54(3,4)45-37-42(70(65,66)67)25-28-47(45)57(49)34-14-10-13-20-52(62)68-58-50(60)31-32-51(58)61/h9,11-12,16-17,22-25,27-30,36-37,55H,10,13-15,18-20,31-35H2,1-8H3/q+1/p+1. The van der Waals surface area contributed by atoms with Gasteiger partial charge in [-0.3, -0.25) is 14.1 Å². The van der Waals surface area contributed by atoms with Crippen molar-refractivity contribution in [3.63, 3.8) is 0 Å². The summed E-state index contributed by atoms with van der Waals surface area (Å²) in [5.41, 5.74) is 8.01. The molecule has 0 atom stereocenters. The van der Waals surface area contributed by atoms with E-state index in [0.717, 1.165) is 75.5 Å². The number of unbranched alkanes of at least 4 members (excludes halogenated alkanes) is 2. The molecule has 7 rings (SSSR count). The highest BCUT2D eigenvalue weighted by atomic mass is 32.2. The Balaban J connectivity index is 1.20. The maximum atomic E-state index is 13.5. The zero-order valence-corrected chi connectivity index (χ0v) is 43.1. The van der Waals surface area contributed by atoms with Crippen LogP contribution in [0.1, 0.15) is 102 Å². The minimum Gasteiger partial charge on any atom is -0.344 e. The second-order valence-electron chi connectivity index (χ2n) is 20.4. The third-order valence-corrected chi connectivity index (χ3v) is 15.8. The van der Waals surface area contributed by atoms with E-state index in [1.807, 2.05) is 78.4 Å². The van der Waals surface area contributed by atoms with Crippen molar-refractivity contribution in [1.29, 1.82) is 0 Å². The van der Waals surface area contributed by atoms with Crippen molar-refractivity contribution in [3.8, 4) is 11.8 Å². The predicted octanol–water partition coefficient (Wildman–Crippen LogP) is 7.79. The number of fused-ring (bicyclic) bond motifs is 2. The molecular formula is C54H65N5O9S2+2. The molecule has 3 aliphatic heterocycles. The summed E-state index contributed by atoms with van der Waals surface area (Å²) in [7, 11) is -0.146. The van der Waals surface area contributed by atoms with E-state index in [1.165, 1.54) is 12.1 Å². The van der Waals surface area contributed by atoms with Crippen LogP contribution >= 0.6 is 0 Å². The third-order valence-electron chi connectivity index (χ3n) is 13.5. The lowest BCUT2D eigenvalue weighted by Crippen LogP contribution is -2.41. The first-order valence-electron chi connectivity index (χ1n) is 23.8. The molecule has 2 N–H and O–H groups in total. The molecule has 3 aromatic carbocycles. The van der Waals surface area contributed by atoms with E-state index >= 15 is 0 Å². The van der Waals surface area contributed by atoms with Gasteiger partial charge in [0.15, 0.2) is 5.71 Å². The number of hydroxylamine groups is 2. The first-order chi connectivity index (χ1) is 32.9. The summed E-state index contributed by atoms with van der Waals surface area (Å²) in [6.07, 6.45) is 12.7. The lowest BCUT2D eigenvalue weighted by molar-refractivity contribution is -0.869. The van der Waals surface area contributed by atoms with Crippen LogP contribution in [0.4, 0.5) is 11.4 Å². The lowest BCUT2D eigenvalue weighted by Gasteiger charge is -2.27. The summed E-state index contributed by atoms with van der Waals surface area (Å²) in [6.45, 7) is 9.78. The summed E-state index contributed by atoms with van der Waals surface area (Å²) in [6, 6.07) is 19.8. The number of hydrogen-bond acceptors (Lipinski definition) is 9. The van der Waals surface area contributed by atoms with Crippen molar-refractivity contribution in [2.45, 2.75) is 106 Å². The van der Waals surface area contributed by atoms with E-state index in [-0.39, 0.29) is 29.1 Å². The van der Waals surface area contributed by atoms with Gasteiger partial charge in [0.05, 0.1) is 49.4 Å². The molecule has 1 saturated heterocycles. The van der Waals surface area contributed by atoms with Crippen LogP contribution in [0.15, 0.2) is 123 Å². The number of rotatable bonds is 16. The molecule has 370 valence electrons. The van der Waals surface area contributed by atoms with Crippen molar-refractivity contribution in [1.82, 2.24) is 9.79 Å². The van der Waals surface area contributed by atoms with Crippen LogP contribution in [0, 0.1) is 11.8 Å². The van der Waals surface area contributed by atoms with E-state index in [9.17, 15) is 35.8 Å². The number of sulfonamides is 1. The Morgan fingerprint density at radius 1 is 0.829 bits per heavy atom. The number of carbonyl (C=O) groups is 3. The van der Waals surface area contributed by atoms with Crippen LogP contribution in [-0.2, 0) is 50.2 Å². The van der Waals surface area contributed by atoms with Crippen LogP contribution in [0.25, 0.3) is 0 Å². The topological polar surface area (TPSA) is 170 Å². The molecule has 14 nitrogen and oxygen atoms in total. The van der Waals surface area contributed by atoms with Crippen LogP contribution < -0.4 is 9.62 Å². The van der Waals surface area contributed by atoms with Gasteiger partial charge in [0.2, 0.25) is 15.7 Å². The fraction of sp³-hybridized carbons (Fsp3) is 0.407. The molecule has 0 bridgehead atoms. The van der Waals surface area contributed by atoms with Crippen molar-refractivity contribution in [2.24, 2.45) is 0 Å². The molecule has 0 unspecified atom stereocenters. The molecule has 0 radical (unpaired) electrons. The van der Waals surface area contributed by atoms with Crippen LogP contribution in [-0.4, -0.2) is 107 Å². The zero-order valence-electron chi connectivity index (χ0n) is 41.5. The number of benzene rings is 3. The Bertz CT molecular complexity index is 3040. The van der Waals surface area contributed by atoms with Gasteiger partial charge in [-0.25, -0.2) is 17.9 Å². The number of nitrogens with zero attached hydrogens (tertiary/aromatic N) is 4. The zero-order chi connectivity index (χ0) is 50.8. The van der Waals surface area contributed by atoms with Gasteiger partial charge in [0.1, 0.15) is 7.05 Å². The van der Waals surface area contributed by atoms with Crippen molar-refractivity contribution >= 4 is 55.0 Å². The molecule has 1 fully saturated rings. The Kier molecular flexibility index (Phi) is 15.1. The van der Waals surface area contributed by atoms with Gasteiger partial charge in [-0.15, -0.1) is 5.06 Å². The average molecular weight is 992 g/mol. The van der Waals surface area contributed by atoms with Gasteiger partial charge in [-0.05, 0) is 111 Å². The van der Waals surface area contributed by atoms with E-state index in [4.69, 9.17) is 4.84 Å². The summed E-state index contributed by atoms with van der Waals surface area (Å²) < 4.78 is 67.2. The highest BCUT2D eigenvalue weighted by Crippen LogP contribution is 2.49. The molecule has 70 heavy (non-hydrogen) atoms. The molecule has 0 aromatic heterocycles. The van der Waals surface area contributed by atoms with E-state index in [0.29, 0.717) is 48.4 Å². The maximum Gasteiger partial charge on any atom is 0.333 e. The van der Waals surface area contributed by atoms with Crippen molar-refractivity contribution in [3.05, 3.63) is 130 Å². The number of quaternary nitrogens is 1. The fourth-order valence-corrected chi connectivity index (χ4v) is 11.1. The Morgan fingerprint density at radius 2 is 1.51 bits per heavy atom. The maximum absolute atomic E-state index is 13.5. The second kappa shape index (κ2) is 20.4. The first kappa shape index (κ1) is 51.9. The highest BCUT2D eigenvalue weighted by Gasteiger charge is 2.44. The van der Waals surface area contributed by atoms with Gasteiger partial charge >= 0.3 is 5.97 Å². The quantitative estimate of drug-likeness (QED) is 0.0361. The molecule has 3 aromatic rings. The van der Waals surface area contributed by atoms with E-state index in [2.05, 4.69) is 64.2 Å². The largest absolute Gasteiger partial charge is 0.344 e. The van der Waals surface area contributed by atoms with E-state index in [1.54, 1.807) is 18.2 Å². The number of allylic oxidation sites excluding steroid dienone is 8. The Labute approximate surface area is 413 Å². The second-order valence-corrected chi connectivity index (χ2v) is 23.6. The minimum atomic E-state index is -4.48. The molecule has 16 heteroatoms. The van der Waals surface area contributed by atoms with Gasteiger partial charge in [-0.2, -0.15) is 13.0 Å². The minimum absolute atomic E-state index is 0.0242. The Morgan fingerprint density at radius 3 is 2.20 bits per heavy atom. The van der Waals surface area contributed by atoms with Crippen LogP contribution in [0.2, 0.25) is 0 Å². The first-order valence-corrected chi connectivity index (χ1v) is 26.7. The number of imide groups is 1.